The summed E-state index contributed by atoms with van der Waals surface area (Å²) >= 11 is 0. The van der Waals surface area contributed by atoms with Crippen molar-refractivity contribution in [3.8, 4) is 0 Å². The predicted octanol–water partition coefficient (Wildman–Crippen LogP) is 1.05. The van der Waals surface area contributed by atoms with Crippen LogP contribution in [0.25, 0.3) is 0 Å². The van der Waals surface area contributed by atoms with E-state index in [0.29, 0.717) is 0 Å². The van der Waals surface area contributed by atoms with E-state index in [0.717, 1.165) is 13.0 Å². The molecule has 0 saturated heterocycles. The fourth-order valence-electron chi connectivity index (χ4n) is 0.653. The molecule has 0 saturated carbocycles. The van der Waals surface area contributed by atoms with Crippen molar-refractivity contribution in [2.45, 2.75) is 6.42 Å². The summed E-state index contributed by atoms with van der Waals surface area (Å²) in [5.41, 5.74) is 1.32. The monoisotopic (exact) mass is 95.1 g/mol. The molecule has 0 aliphatic carbocycles. The molecule has 0 fully saturated rings. The van der Waals surface area contributed by atoms with Gasteiger partial charge in [-0.1, -0.05) is 12.7 Å². The van der Waals surface area contributed by atoms with Crippen LogP contribution in [0.3, 0.4) is 0 Å². The van der Waals surface area contributed by atoms with Gasteiger partial charge in [-0.05, 0) is 18.2 Å². The Balaban J connectivity index is 2.51. The van der Waals surface area contributed by atoms with Crippen LogP contribution in [-0.2, 0) is 0 Å². The molecule has 0 amide bonds. The Kier molecular flexibility index (Phi) is 1.16. The Bertz CT molecular complexity index is 103. The highest BCUT2D eigenvalue weighted by Crippen LogP contribution is 2.03. The number of hydrogen-bond acceptors (Lipinski definition) is 1. The largest absolute Gasteiger partial charge is 0.390 e. The summed E-state index contributed by atoms with van der Waals surface area (Å²) in [6.45, 7) is 4.72. The third-order valence-electron chi connectivity index (χ3n) is 1.11. The van der Waals surface area contributed by atoms with Crippen LogP contribution in [0.5, 0.6) is 0 Å². The van der Waals surface area contributed by atoms with Gasteiger partial charge in [-0.2, -0.15) is 0 Å². The van der Waals surface area contributed by atoms with Crippen molar-refractivity contribution in [1.82, 2.24) is 5.32 Å². The molecule has 38 valence electrons. The molecule has 1 N–H and O–H groups in total. The molecule has 1 heteroatoms. The van der Waals surface area contributed by atoms with E-state index in [2.05, 4.69) is 11.9 Å². The van der Waals surface area contributed by atoms with Crippen molar-refractivity contribution in [3.05, 3.63) is 24.4 Å². The molecule has 1 rings (SSSR count). The Morgan fingerprint density at radius 3 is 3.00 bits per heavy atom. The quantitative estimate of drug-likeness (QED) is 0.513. The van der Waals surface area contributed by atoms with Crippen LogP contribution in [0.1, 0.15) is 6.42 Å². The second-order valence-electron chi connectivity index (χ2n) is 1.63. The first-order chi connectivity index (χ1) is 3.43. The average molecular weight is 95.1 g/mol. The fraction of sp³-hybridized carbons (Fsp3) is 0.333. The van der Waals surface area contributed by atoms with E-state index in [1.807, 2.05) is 12.3 Å². The second kappa shape index (κ2) is 1.82. The highest BCUT2D eigenvalue weighted by molar-refractivity contribution is 5.18. The molecule has 1 heterocycles. The molecule has 0 spiro atoms. The van der Waals surface area contributed by atoms with Crippen molar-refractivity contribution >= 4 is 0 Å². The summed E-state index contributed by atoms with van der Waals surface area (Å²) in [5, 5.41) is 3.09. The average Bonchev–Trinajstić information content (AvgIpc) is 2.14. The minimum absolute atomic E-state index is 1.08. The van der Waals surface area contributed by atoms with E-state index in [1.165, 1.54) is 5.57 Å². The number of rotatable bonds is 1. The van der Waals surface area contributed by atoms with Crippen LogP contribution >= 0.6 is 0 Å². The molecule has 1 aliphatic heterocycles. The van der Waals surface area contributed by atoms with E-state index < -0.39 is 0 Å². The zero-order chi connectivity index (χ0) is 5.11. The first-order valence-electron chi connectivity index (χ1n) is 2.48. The van der Waals surface area contributed by atoms with Crippen LogP contribution in [0.4, 0.5) is 0 Å². The van der Waals surface area contributed by atoms with Gasteiger partial charge in [-0.3, -0.25) is 0 Å². The van der Waals surface area contributed by atoms with Gasteiger partial charge in [-0.25, -0.2) is 0 Å². The van der Waals surface area contributed by atoms with Crippen molar-refractivity contribution < 1.29 is 0 Å². The molecular formula is C6H9N. The summed E-state index contributed by atoms with van der Waals surface area (Å²) in [5.74, 6) is 0. The molecule has 0 atom stereocenters. The Hall–Kier alpha value is -0.720. The summed E-state index contributed by atoms with van der Waals surface area (Å²) in [6.07, 6.45) is 5.04. The van der Waals surface area contributed by atoms with Gasteiger partial charge >= 0.3 is 0 Å². The molecule has 0 aromatic heterocycles. The zero-order valence-electron chi connectivity index (χ0n) is 4.28. The highest BCUT2D eigenvalue weighted by Gasteiger charge is 1.95. The Morgan fingerprint density at radius 2 is 2.71 bits per heavy atom. The lowest BCUT2D eigenvalue weighted by atomic mass is 10.2. The standard InChI is InChI=1S/C6H9N/c1-2-6-3-4-7-5-6/h2,5,7H,1,3-4H2. The van der Waals surface area contributed by atoms with E-state index >= 15 is 0 Å². The van der Waals surface area contributed by atoms with Crippen LogP contribution < -0.4 is 5.32 Å². The lowest BCUT2D eigenvalue weighted by Gasteiger charge is -1.81. The second-order valence-corrected chi connectivity index (χ2v) is 1.63. The summed E-state index contributed by atoms with van der Waals surface area (Å²) in [7, 11) is 0. The number of nitrogens with one attached hydrogen (secondary N) is 1. The molecule has 0 unspecified atom stereocenters. The molecule has 7 heavy (non-hydrogen) atoms. The number of allylic oxidation sites excluding steroid dienone is 1. The minimum Gasteiger partial charge on any atom is -0.390 e. The van der Waals surface area contributed by atoms with Gasteiger partial charge in [0.05, 0.1) is 0 Å². The first-order valence-corrected chi connectivity index (χ1v) is 2.48. The van der Waals surface area contributed by atoms with Crippen molar-refractivity contribution in [3.63, 3.8) is 0 Å². The summed E-state index contributed by atoms with van der Waals surface area (Å²) in [6, 6.07) is 0. The molecule has 1 nitrogen and oxygen atoms in total. The van der Waals surface area contributed by atoms with Crippen molar-refractivity contribution in [1.29, 1.82) is 0 Å². The van der Waals surface area contributed by atoms with Gasteiger partial charge in [-0.15, -0.1) is 0 Å². The summed E-state index contributed by atoms with van der Waals surface area (Å²) in [4.78, 5) is 0. The molecule has 0 aromatic carbocycles. The third kappa shape index (κ3) is 0.829. The first kappa shape index (κ1) is 4.44. The summed E-state index contributed by atoms with van der Waals surface area (Å²) < 4.78 is 0. The van der Waals surface area contributed by atoms with Crippen LogP contribution in [-0.4, -0.2) is 6.54 Å². The maximum absolute atomic E-state index is 3.63. The smallest absolute Gasteiger partial charge is 0.0182 e. The normalized spacial score (nSPS) is 18.0. The van der Waals surface area contributed by atoms with Gasteiger partial charge in [0.15, 0.2) is 0 Å². The van der Waals surface area contributed by atoms with E-state index in [9.17, 15) is 0 Å². The molecule has 0 aromatic rings. The third-order valence-corrected chi connectivity index (χ3v) is 1.11. The maximum atomic E-state index is 3.63. The number of hydrogen-bond donors (Lipinski definition) is 1. The highest BCUT2D eigenvalue weighted by atomic mass is 14.8. The van der Waals surface area contributed by atoms with E-state index in [-0.39, 0.29) is 0 Å². The lowest BCUT2D eigenvalue weighted by molar-refractivity contribution is 0.910. The van der Waals surface area contributed by atoms with E-state index in [4.69, 9.17) is 0 Å². The Morgan fingerprint density at radius 1 is 1.86 bits per heavy atom. The minimum atomic E-state index is 1.08. The van der Waals surface area contributed by atoms with Crippen molar-refractivity contribution in [2.24, 2.45) is 0 Å². The van der Waals surface area contributed by atoms with Crippen LogP contribution in [0.2, 0.25) is 0 Å². The van der Waals surface area contributed by atoms with Crippen LogP contribution in [0, 0.1) is 0 Å². The molecular weight excluding hydrogens is 86.1 g/mol. The topological polar surface area (TPSA) is 12.0 Å². The SMILES string of the molecule is C=CC1=CNCC1. The van der Waals surface area contributed by atoms with Gasteiger partial charge in [0.2, 0.25) is 0 Å². The van der Waals surface area contributed by atoms with Gasteiger partial charge in [0, 0.05) is 6.54 Å². The Labute approximate surface area is 43.7 Å². The van der Waals surface area contributed by atoms with Gasteiger partial charge in [0.1, 0.15) is 0 Å². The van der Waals surface area contributed by atoms with Gasteiger partial charge < -0.3 is 5.32 Å². The van der Waals surface area contributed by atoms with Crippen LogP contribution in [0.15, 0.2) is 24.4 Å². The fourth-order valence-corrected chi connectivity index (χ4v) is 0.653. The zero-order valence-corrected chi connectivity index (χ0v) is 4.28. The predicted molar refractivity (Wildman–Crippen MR) is 30.9 cm³/mol. The van der Waals surface area contributed by atoms with Gasteiger partial charge in [0.25, 0.3) is 0 Å². The van der Waals surface area contributed by atoms with E-state index in [1.54, 1.807) is 0 Å². The maximum Gasteiger partial charge on any atom is 0.0182 e. The molecule has 1 aliphatic rings. The van der Waals surface area contributed by atoms with Crippen molar-refractivity contribution in [2.75, 3.05) is 6.54 Å². The lowest BCUT2D eigenvalue weighted by Crippen LogP contribution is -1.96. The molecule has 0 bridgehead atoms. The molecule has 0 radical (unpaired) electrons.